The largest absolute Gasteiger partial charge is 0.356 e. The Balaban J connectivity index is 1.45. The van der Waals surface area contributed by atoms with Crippen LogP contribution >= 0.6 is 0 Å². The van der Waals surface area contributed by atoms with Crippen molar-refractivity contribution in [1.29, 1.82) is 0 Å². The third-order valence-electron chi connectivity index (χ3n) is 4.63. The maximum Gasteiger partial charge on any atom is 0.223 e. The third kappa shape index (κ3) is 2.43. The van der Waals surface area contributed by atoms with Crippen molar-refractivity contribution in [1.82, 2.24) is 5.32 Å². The highest BCUT2D eigenvalue weighted by atomic mass is 16.1. The first-order valence-corrected chi connectivity index (χ1v) is 7.14. The Kier molecular flexibility index (Phi) is 3.35. The summed E-state index contributed by atoms with van der Waals surface area (Å²) in [5, 5.41) is 3.12. The highest BCUT2D eigenvalue weighted by Crippen LogP contribution is 2.48. The molecule has 0 aromatic heterocycles. The van der Waals surface area contributed by atoms with Gasteiger partial charge < -0.3 is 5.32 Å². The molecule has 1 aromatic rings. The number of hydrogen-bond acceptors (Lipinski definition) is 1. The lowest BCUT2D eigenvalue weighted by Gasteiger charge is -2.20. The minimum atomic E-state index is 0.304. The van der Waals surface area contributed by atoms with Crippen LogP contribution in [0.4, 0.5) is 0 Å². The normalized spacial score (nSPS) is 29.4. The molecule has 3 atom stereocenters. The summed E-state index contributed by atoms with van der Waals surface area (Å²) in [5.74, 6) is 2.16. The van der Waals surface area contributed by atoms with Crippen molar-refractivity contribution in [3.05, 3.63) is 35.9 Å². The number of benzene rings is 1. The third-order valence-corrected chi connectivity index (χ3v) is 4.63. The predicted octanol–water partition coefficient (Wildman–Crippen LogP) is 2.78. The summed E-state index contributed by atoms with van der Waals surface area (Å²) in [6.45, 7) is 0.775. The molecule has 1 aromatic carbocycles. The Morgan fingerprint density at radius 2 is 2.00 bits per heavy atom. The van der Waals surface area contributed by atoms with Gasteiger partial charge in [-0.2, -0.15) is 0 Å². The quantitative estimate of drug-likeness (QED) is 0.865. The van der Waals surface area contributed by atoms with Gasteiger partial charge in [-0.05, 0) is 43.1 Å². The molecule has 0 heterocycles. The van der Waals surface area contributed by atoms with Gasteiger partial charge in [-0.15, -0.1) is 0 Å². The van der Waals surface area contributed by atoms with E-state index >= 15 is 0 Å². The fourth-order valence-corrected chi connectivity index (χ4v) is 3.67. The summed E-state index contributed by atoms with van der Waals surface area (Å²) >= 11 is 0. The van der Waals surface area contributed by atoms with Crippen LogP contribution in [0.15, 0.2) is 30.3 Å². The van der Waals surface area contributed by atoms with E-state index in [4.69, 9.17) is 0 Å². The fourth-order valence-electron chi connectivity index (χ4n) is 3.67. The van der Waals surface area contributed by atoms with E-state index in [1.54, 1.807) is 0 Å². The summed E-state index contributed by atoms with van der Waals surface area (Å²) in [4.78, 5) is 12.1. The van der Waals surface area contributed by atoms with E-state index in [1.165, 1.54) is 24.8 Å². The van der Waals surface area contributed by atoms with Crippen molar-refractivity contribution in [3.8, 4) is 0 Å². The Morgan fingerprint density at radius 3 is 2.67 bits per heavy atom. The summed E-state index contributed by atoms with van der Waals surface area (Å²) in [5.41, 5.74) is 1.30. The zero-order valence-electron chi connectivity index (χ0n) is 10.8. The van der Waals surface area contributed by atoms with Crippen LogP contribution in [0.3, 0.4) is 0 Å². The molecular weight excluding hydrogens is 222 g/mol. The first kappa shape index (κ1) is 11.8. The van der Waals surface area contributed by atoms with Crippen LogP contribution in [0.2, 0.25) is 0 Å². The second-order valence-corrected chi connectivity index (χ2v) is 5.81. The number of fused-ring (bicyclic) bond motifs is 2. The number of carbonyl (C=O) groups is 1. The smallest absolute Gasteiger partial charge is 0.223 e. The van der Waals surface area contributed by atoms with E-state index < -0.39 is 0 Å². The van der Waals surface area contributed by atoms with Crippen LogP contribution in [0, 0.1) is 17.8 Å². The molecule has 3 rings (SSSR count). The maximum atomic E-state index is 12.1. The standard InChI is InChI=1S/C16H21NO/c18-16(15-11-13-6-7-14(15)10-13)17-9-8-12-4-2-1-3-5-12/h1-5,13-15H,6-11H2,(H,17,18). The average molecular weight is 243 g/mol. The molecule has 1 N–H and O–H groups in total. The molecule has 1 amide bonds. The van der Waals surface area contributed by atoms with Gasteiger partial charge in [0, 0.05) is 12.5 Å². The summed E-state index contributed by atoms with van der Waals surface area (Å²) < 4.78 is 0. The Labute approximate surface area is 109 Å². The molecular formula is C16H21NO. The molecule has 0 aliphatic heterocycles. The van der Waals surface area contributed by atoms with Crippen LogP contribution < -0.4 is 5.32 Å². The Morgan fingerprint density at radius 1 is 1.17 bits per heavy atom. The molecule has 0 spiro atoms. The minimum Gasteiger partial charge on any atom is -0.356 e. The van der Waals surface area contributed by atoms with Gasteiger partial charge in [0.1, 0.15) is 0 Å². The van der Waals surface area contributed by atoms with E-state index in [-0.39, 0.29) is 0 Å². The number of carbonyl (C=O) groups excluding carboxylic acids is 1. The van der Waals surface area contributed by atoms with Gasteiger partial charge in [0.2, 0.25) is 5.91 Å². The van der Waals surface area contributed by atoms with Gasteiger partial charge in [0.05, 0.1) is 0 Å². The average Bonchev–Trinajstić information content (AvgIpc) is 3.02. The molecule has 0 saturated heterocycles. The molecule has 2 heteroatoms. The van der Waals surface area contributed by atoms with Crippen molar-refractivity contribution in [2.24, 2.45) is 17.8 Å². The van der Waals surface area contributed by atoms with Gasteiger partial charge in [0.25, 0.3) is 0 Å². The molecule has 2 nitrogen and oxygen atoms in total. The number of hydrogen-bond donors (Lipinski definition) is 1. The molecule has 2 saturated carbocycles. The van der Waals surface area contributed by atoms with Crippen LogP contribution in [-0.4, -0.2) is 12.5 Å². The summed E-state index contributed by atoms with van der Waals surface area (Å²) in [7, 11) is 0. The Hall–Kier alpha value is -1.31. The van der Waals surface area contributed by atoms with Gasteiger partial charge in [-0.1, -0.05) is 36.8 Å². The molecule has 0 radical (unpaired) electrons. The highest BCUT2D eigenvalue weighted by molar-refractivity contribution is 5.79. The topological polar surface area (TPSA) is 29.1 Å². The molecule has 96 valence electrons. The lowest BCUT2D eigenvalue weighted by molar-refractivity contribution is -0.126. The number of rotatable bonds is 4. The minimum absolute atomic E-state index is 0.304. The van der Waals surface area contributed by atoms with E-state index in [9.17, 15) is 4.79 Å². The van der Waals surface area contributed by atoms with Crippen LogP contribution in [0.25, 0.3) is 0 Å². The predicted molar refractivity (Wildman–Crippen MR) is 72.1 cm³/mol. The van der Waals surface area contributed by atoms with E-state index in [2.05, 4.69) is 17.4 Å². The molecule has 2 bridgehead atoms. The van der Waals surface area contributed by atoms with E-state index in [0.717, 1.165) is 25.3 Å². The lowest BCUT2D eigenvalue weighted by Crippen LogP contribution is -2.34. The first-order valence-electron chi connectivity index (χ1n) is 7.14. The van der Waals surface area contributed by atoms with Gasteiger partial charge >= 0.3 is 0 Å². The van der Waals surface area contributed by atoms with Crippen LogP contribution in [0.5, 0.6) is 0 Å². The zero-order valence-corrected chi connectivity index (χ0v) is 10.8. The SMILES string of the molecule is O=C(NCCc1ccccc1)C1CC2CCC1C2. The molecule has 2 aliphatic carbocycles. The molecule has 3 unspecified atom stereocenters. The number of nitrogens with one attached hydrogen (secondary N) is 1. The van der Waals surface area contributed by atoms with Crippen molar-refractivity contribution >= 4 is 5.91 Å². The van der Waals surface area contributed by atoms with Crippen LogP contribution in [-0.2, 0) is 11.2 Å². The van der Waals surface area contributed by atoms with Crippen LogP contribution in [0.1, 0.15) is 31.2 Å². The van der Waals surface area contributed by atoms with Crippen molar-refractivity contribution in [2.45, 2.75) is 32.1 Å². The summed E-state index contributed by atoms with van der Waals surface area (Å²) in [6, 6.07) is 10.4. The summed E-state index contributed by atoms with van der Waals surface area (Å²) in [6.07, 6.45) is 6.02. The van der Waals surface area contributed by atoms with Crippen molar-refractivity contribution in [2.75, 3.05) is 6.54 Å². The van der Waals surface area contributed by atoms with Gasteiger partial charge in [-0.3, -0.25) is 4.79 Å². The lowest BCUT2D eigenvalue weighted by atomic mass is 9.88. The van der Waals surface area contributed by atoms with Gasteiger partial charge in [-0.25, -0.2) is 0 Å². The highest BCUT2D eigenvalue weighted by Gasteiger charge is 2.42. The fraction of sp³-hybridized carbons (Fsp3) is 0.562. The van der Waals surface area contributed by atoms with E-state index in [1.807, 2.05) is 18.2 Å². The van der Waals surface area contributed by atoms with Crippen molar-refractivity contribution < 1.29 is 4.79 Å². The zero-order chi connectivity index (χ0) is 12.4. The Bertz CT molecular complexity index is 414. The molecule has 18 heavy (non-hydrogen) atoms. The monoisotopic (exact) mass is 243 g/mol. The first-order chi connectivity index (χ1) is 8.83. The van der Waals surface area contributed by atoms with Gasteiger partial charge in [0.15, 0.2) is 0 Å². The van der Waals surface area contributed by atoms with E-state index in [0.29, 0.717) is 17.7 Å². The second kappa shape index (κ2) is 5.13. The molecule has 2 fully saturated rings. The second-order valence-electron chi connectivity index (χ2n) is 5.81. The molecule has 2 aliphatic rings. The maximum absolute atomic E-state index is 12.1. The number of amides is 1. The van der Waals surface area contributed by atoms with Crippen molar-refractivity contribution in [3.63, 3.8) is 0 Å².